The Kier molecular flexibility index (Phi) is 6.07. The van der Waals surface area contributed by atoms with Crippen molar-refractivity contribution in [2.24, 2.45) is 0 Å². The van der Waals surface area contributed by atoms with Gasteiger partial charge in [-0.15, -0.1) is 0 Å². The summed E-state index contributed by atoms with van der Waals surface area (Å²) in [5.74, 6) is 0. The molecule has 3 heterocycles. The molecule has 2 fully saturated rings. The van der Waals surface area contributed by atoms with Crippen LogP contribution >= 0.6 is 0 Å². The lowest BCUT2D eigenvalue weighted by atomic mass is 10.0. The maximum atomic E-state index is 12.7. The molecule has 0 saturated carbocycles. The maximum Gasteiger partial charge on any atom is 0.317 e. The zero-order chi connectivity index (χ0) is 19.2. The van der Waals surface area contributed by atoms with Crippen LogP contribution in [0.4, 0.5) is 10.5 Å². The number of benzene rings is 1. The van der Waals surface area contributed by atoms with Gasteiger partial charge in [0.1, 0.15) is 0 Å². The van der Waals surface area contributed by atoms with Gasteiger partial charge in [-0.2, -0.15) is 0 Å². The molecule has 2 aliphatic rings. The van der Waals surface area contributed by atoms with E-state index in [4.69, 9.17) is 0 Å². The van der Waals surface area contributed by atoms with Crippen LogP contribution in [0.1, 0.15) is 18.4 Å². The molecule has 0 spiro atoms. The van der Waals surface area contributed by atoms with E-state index in [1.807, 2.05) is 29.4 Å². The molecule has 0 radical (unpaired) electrons. The van der Waals surface area contributed by atoms with Crippen LogP contribution in [0.5, 0.6) is 0 Å². The van der Waals surface area contributed by atoms with E-state index < -0.39 is 0 Å². The molecular formula is C22H29N5O. The summed E-state index contributed by atoms with van der Waals surface area (Å²) in [6, 6.07) is 14.9. The SMILES string of the molecule is O=C(N[C@H]1CCCN(Cc2ccccc2)C1)N1CCN(c2ccncc2)CC1. The third-order valence-corrected chi connectivity index (χ3v) is 5.68. The van der Waals surface area contributed by atoms with Crippen molar-refractivity contribution < 1.29 is 4.79 Å². The number of nitrogens with zero attached hydrogens (tertiary/aromatic N) is 4. The van der Waals surface area contributed by atoms with E-state index in [1.165, 1.54) is 11.3 Å². The van der Waals surface area contributed by atoms with Crippen LogP contribution in [0.25, 0.3) is 0 Å². The molecule has 1 atom stereocenters. The van der Waals surface area contributed by atoms with Gasteiger partial charge in [0.15, 0.2) is 0 Å². The van der Waals surface area contributed by atoms with Crippen molar-refractivity contribution in [3.05, 3.63) is 60.4 Å². The van der Waals surface area contributed by atoms with E-state index in [1.54, 1.807) is 0 Å². The molecule has 6 heteroatoms. The van der Waals surface area contributed by atoms with Crippen LogP contribution in [0.15, 0.2) is 54.9 Å². The quantitative estimate of drug-likeness (QED) is 0.887. The molecule has 1 aromatic carbocycles. The van der Waals surface area contributed by atoms with Gasteiger partial charge in [-0.05, 0) is 37.1 Å². The van der Waals surface area contributed by atoms with Crippen LogP contribution < -0.4 is 10.2 Å². The highest BCUT2D eigenvalue weighted by Gasteiger charge is 2.26. The number of likely N-dealkylation sites (tertiary alicyclic amines) is 1. The molecule has 0 unspecified atom stereocenters. The Hall–Kier alpha value is -2.60. The molecule has 0 bridgehead atoms. The van der Waals surface area contributed by atoms with E-state index in [0.29, 0.717) is 0 Å². The Morgan fingerprint density at radius 2 is 1.75 bits per heavy atom. The average molecular weight is 380 g/mol. The number of pyridine rings is 1. The Morgan fingerprint density at radius 1 is 1.00 bits per heavy atom. The summed E-state index contributed by atoms with van der Waals surface area (Å²) < 4.78 is 0. The number of hydrogen-bond acceptors (Lipinski definition) is 4. The molecule has 2 saturated heterocycles. The van der Waals surface area contributed by atoms with Gasteiger partial charge in [0, 0.05) is 63.4 Å². The molecule has 2 aromatic rings. The molecule has 1 N–H and O–H groups in total. The fourth-order valence-electron chi connectivity index (χ4n) is 4.15. The van der Waals surface area contributed by atoms with E-state index >= 15 is 0 Å². The van der Waals surface area contributed by atoms with E-state index in [-0.39, 0.29) is 12.1 Å². The summed E-state index contributed by atoms with van der Waals surface area (Å²) in [5.41, 5.74) is 2.51. The summed E-state index contributed by atoms with van der Waals surface area (Å²) >= 11 is 0. The van der Waals surface area contributed by atoms with Gasteiger partial charge >= 0.3 is 6.03 Å². The van der Waals surface area contributed by atoms with Gasteiger partial charge < -0.3 is 15.1 Å². The topological polar surface area (TPSA) is 51.7 Å². The summed E-state index contributed by atoms with van der Waals surface area (Å²) in [6.45, 7) is 6.23. The van der Waals surface area contributed by atoms with Crippen molar-refractivity contribution in [2.75, 3.05) is 44.2 Å². The highest BCUT2D eigenvalue weighted by atomic mass is 16.2. The second kappa shape index (κ2) is 9.06. The number of amides is 2. The minimum Gasteiger partial charge on any atom is -0.368 e. The number of aromatic nitrogens is 1. The van der Waals surface area contributed by atoms with Gasteiger partial charge in [-0.3, -0.25) is 9.88 Å². The monoisotopic (exact) mass is 379 g/mol. The van der Waals surface area contributed by atoms with E-state index in [2.05, 4.69) is 50.4 Å². The van der Waals surface area contributed by atoms with Crippen molar-refractivity contribution >= 4 is 11.7 Å². The number of carbonyl (C=O) groups excluding carboxylic acids is 1. The average Bonchev–Trinajstić information content (AvgIpc) is 2.75. The minimum absolute atomic E-state index is 0.0842. The van der Waals surface area contributed by atoms with Crippen LogP contribution in [-0.4, -0.2) is 66.1 Å². The third kappa shape index (κ3) is 4.81. The Bertz CT molecular complexity index is 746. The number of hydrogen-bond donors (Lipinski definition) is 1. The molecular weight excluding hydrogens is 350 g/mol. The Labute approximate surface area is 167 Å². The van der Waals surface area contributed by atoms with Gasteiger partial charge in [0.25, 0.3) is 0 Å². The second-order valence-electron chi connectivity index (χ2n) is 7.69. The summed E-state index contributed by atoms with van der Waals surface area (Å²) in [5, 5.41) is 3.28. The van der Waals surface area contributed by atoms with Crippen LogP contribution in [-0.2, 0) is 6.54 Å². The number of rotatable bonds is 4. The van der Waals surface area contributed by atoms with Gasteiger partial charge in [0.2, 0.25) is 0 Å². The van der Waals surface area contributed by atoms with Crippen LogP contribution in [0.3, 0.4) is 0 Å². The molecule has 6 nitrogen and oxygen atoms in total. The van der Waals surface area contributed by atoms with Gasteiger partial charge in [-0.1, -0.05) is 30.3 Å². The summed E-state index contributed by atoms with van der Waals surface area (Å²) in [4.78, 5) is 23.5. The molecule has 1 aromatic heterocycles. The summed E-state index contributed by atoms with van der Waals surface area (Å²) in [6.07, 6.45) is 5.83. The van der Waals surface area contributed by atoms with Crippen molar-refractivity contribution in [1.82, 2.24) is 20.1 Å². The van der Waals surface area contributed by atoms with Gasteiger partial charge in [0.05, 0.1) is 0 Å². The van der Waals surface area contributed by atoms with Gasteiger partial charge in [-0.25, -0.2) is 4.79 Å². The molecule has 28 heavy (non-hydrogen) atoms. The molecule has 2 aliphatic heterocycles. The fourth-order valence-corrected chi connectivity index (χ4v) is 4.15. The van der Waals surface area contributed by atoms with Crippen molar-refractivity contribution in [3.63, 3.8) is 0 Å². The minimum atomic E-state index is 0.0842. The van der Waals surface area contributed by atoms with Crippen molar-refractivity contribution in [3.8, 4) is 0 Å². The lowest BCUT2D eigenvalue weighted by molar-refractivity contribution is 0.161. The lowest BCUT2D eigenvalue weighted by Gasteiger charge is -2.38. The third-order valence-electron chi connectivity index (χ3n) is 5.68. The predicted octanol–water partition coefficient (Wildman–Crippen LogP) is 2.58. The number of carbonyl (C=O) groups is 1. The largest absolute Gasteiger partial charge is 0.368 e. The zero-order valence-electron chi connectivity index (χ0n) is 16.3. The van der Waals surface area contributed by atoms with Crippen LogP contribution in [0.2, 0.25) is 0 Å². The summed E-state index contributed by atoms with van der Waals surface area (Å²) in [7, 11) is 0. The normalized spacial score (nSPS) is 20.8. The molecule has 4 rings (SSSR count). The molecule has 0 aliphatic carbocycles. The number of nitrogens with one attached hydrogen (secondary N) is 1. The number of anilines is 1. The first-order chi connectivity index (χ1) is 13.8. The Balaban J connectivity index is 1.24. The highest BCUT2D eigenvalue weighted by Crippen LogP contribution is 2.16. The molecule has 2 amide bonds. The number of piperazine rings is 1. The highest BCUT2D eigenvalue weighted by molar-refractivity contribution is 5.75. The number of urea groups is 1. The maximum absolute atomic E-state index is 12.7. The van der Waals surface area contributed by atoms with Crippen LogP contribution in [0, 0.1) is 0 Å². The lowest BCUT2D eigenvalue weighted by Crippen LogP contribution is -2.56. The fraction of sp³-hybridized carbons (Fsp3) is 0.455. The second-order valence-corrected chi connectivity index (χ2v) is 7.69. The smallest absolute Gasteiger partial charge is 0.317 e. The van der Waals surface area contributed by atoms with E-state index in [0.717, 1.165) is 58.7 Å². The predicted molar refractivity (Wildman–Crippen MR) is 111 cm³/mol. The first-order valence-electron chi connectivity index (χ1n) is 10.2. The standard InChI is InChI=1S/C22H29N5O/c28-22(27-15-13-26(14-16-27)21-8-10-23-11-9-21)24-20-7-4-12-25(18-20)17-19-5-2-1-3-6-19/h1-3,5-6,8-11,20H,4,7,12-18H2,(H,24,28)/t20-/m0/s1. The Morgan fingerprint density at radius 3 is 2.50 bits per heavy atom. The van der Waals surface area contributed by atoms with E-state index in [9.17, 15) is 4.79 Å². The van der Waals surface area contributed by atoms with Crippen molar-refractivity contribution in [2.45, 2.75) is 25.4 Å². The first kappa shape index (κ1) is 18.7. The first-order valence-corrected chi connectivity index (χ1v) is 10.2. The number of piperidine rings is 1. The van der Waals surface area contributed by atoms with Crippen molar-refractivity contribution in [1.29, 1.82) is 0 Å². The zero-order valence-corrected chi connectivity index (χ0v) is 16.3. The molecule has 148 valence electrons.